The number of pyridine rings is 1. The van der Waals surface area contributed by atoms with Crippen molar-refractivity contribution >= 4 is 17.4 Å². The number of aromatic nitrogens is 1. The monoisotopic (exact) mass is 302 g/mol. The number of hydrogen-bond donors (Lipinski definition) is 2. The maximum atomic E-state index is 12.4. The summed E-state index contributed by atoms with van der Waals surface area (Å²) in [7, 11) is 0. The lowest BCUT2D eigenvalue weighted by molar-refractivity contribution is -0.118. The van der Waals surface area contributed by atoms with Crippen molar-refractivity contribution in [1.29, 1.82) is 0 Å². The number of hydrogen-bond acceptors (Lipinski definition) is 4. The molecule has 1 aliphatic heterocycles. The van der Waals surface area contributed by atoms with Gasteiger partial charge in [-0.25, -0.2) is 4.98 Å². The zero-order valence-electron chi connectivity index (χ0n) is 13.6. The van der Waals surface area contributed by atoms with E-state index in [1.165, 1.54) is 0 Å². The van der Waals surface area contributed by atoms with E-state index < -0.39 is 0 Å². The van der Waals surface area contributed by atoms with Gasteiger partial charge < -0.3 is 15.5 Å². The van der Waals surface area contributed by atoms with Gasteiger partial charge in [-0.15, -0.1) is 0 Å². The third-order valence-corrected chi connectivity index (χ3v) is 5.21. The van der Waals surface area contributed by atoms with Crippen molar-refractivity contribution in [2.45, 2.75) is 33.1 Å². The normalized spacial score (nSPS) is 22.4. The second-order valence-electron chi connectivity index (χ2n) is 6.44. The highest BCUT2D eigenvalue weighted by molar-refractivity contribution is 5.95. The molecule has 1 amide bonds. The van der Waals surface area contributed by atoms with Crippen LogP contribution in [0.15, 0.2) is 18.3 Å². The summed E-state index contributed by atoms with van der Waals surface area (Å²) in [5.41, 5.74) is 1.08. The molecule has 1 unspecified atom stereocenters. The molecule has 1 aromatic rings. The number of carbonyl (C=O) groups excluding carboxylic acids is 1. The van der Waals surface area contributed by atoms with Crippen molar-refractivity contribution in [2.24, 2.45) is 11.3 Å². The van der Waals surface area contributed by atoms with Crippen molar-refractivity contribution < 1.29 is 4.79 Å². The zero-order chi connectivity index (χ0) is 15.6. The van der Waals surface area contributed by atoms with Gasteiger partial charge in [-0.05, 0) is 63.7 Å². The fraction of sp³-hybridized carbons (Fsp3) is 0.647. The molecule has 1 atom stereocenters. The van der Waals surface area contributed by atoms with E-state index in [0.29, 0.717) is 0 Å². The molecule has 1 aliphatic carbocycles. The van der Waals surface area contributed by atoms with E-state index in [1.807, 2.05) is 12.1 Å². The van der Waals surface area contributed by atoms with Crippen LogP contribution in [0.1, 0.15) is 33.1 Å². The molecule has 5 heteroatoms. The Balaban J connectivity index is 1.58. The number of amides is 1. The molecule has 2 heterocycles. The van der Waals surface area contributed by atoms with Crippen LogP contribution < -0.4 is 15.5 Å². The Morgan fingerprint density at radius 3 is 2.68 bits per heavy atom. The van der Waals surface area contributed by atoms with Gasteiger partial charge in [0, 0.05) is 19.0 Å². The molecule has 120 valence electrons. The lowest BCUT2D eigenvalue weighted by Crippen LogP contribution is -2.31. The van der Waals surface area contributed by atoms with Gasteiger partial charge in [0.15, 0.2) is 0 Å². The summed E-state index contributed by atoms with van der Waals surface area (Å²) >= 11 is 0. The van der Waals surface area contributed by atoms with Gasteiger partial charge in [-0.3, -0.25) is 4.79 Å². The Bertz CT molecular complexity index is 518. The molecule has 5 nitrogen and oxygen atoms in total. The van der Waals surface area contributed by atoms with Gasteiger partial charge in [-0.2, -0.15) is 0 Å². The number of carbonyl (C=O) groups is 1. The smallest absolute Gasteiger partial charge is 0.228 e. The van der Waals surface area contributed by atoms with Crippen molar-refractivity contribution in [2.75, 3.05) is 36.4 Å². The van der Waals surface area contributed by atoms with Crippen molar-refractivity contribution in [3.63, 3.8) is 0 Å². The maximum absolute atomic E-state index is 12.4. The summed E-state index contributed by atoms with van der Waals surface area (Å²) in [5, 5.41) is 6.41. The fourth-order valence-corrected chi connectivity index (χ4v) is 3.62. The first-order chi connectivity index (χ1) is 10.7. The SMILES string of the molecule is CCN(CC)c1ccc(NC(=O)C2CC23CCNCC3)cn1. The highest BCUT2D eigenvalue weighted by Crippen LogP contribution is 2.58. The molecule has 1 aromatic heterocycles. The Morgan fingerprint density at radius 1 is 1.36 bits per heavy atom. The maximum Gasteiger partial charge on any atom is 0.228 e. The topological polar surface area (TPSA) is 57.3 Å². The van der Waals surface area contributed by atoms with Crippen LogP contribution >= 0.6 is 0 Å². The van der Waals surface area contributed by atoms with Gasteiger partial charge in [0.05, 0.1) is 11.9 Å². The second kappa shape index (κ2) is 6.24. The van der Waals surface area contributed by atoms with E-state index in [-0.39, 0.29) is 17.2 Å². The van der Waals surface area contributed by atoms with Gasteiger partial charge in [0.1, 0.15) is 5.82 Å². The summed E-state index contributed by atoms with van der Waals surface area (Å²) in [6, 6.07) is 3.94. The van der Waals surface area contributed by atoms with Crippen molar-refractivity contribution in [1.82, 2.24) is 10.3 Å². The lowest BCUT2D eigenvalue weighted by Gasteiger charge is -2.23. The number of anilines is 2. The molecule has 2 N–H and O–H groups in total. The first-order valence-electron chi connectivity index (χ1n) is 8.41. The summed E-state index contributed by atoms with van der Waals surface area (Å²) in [4.78, 5) is 19.1. The Labute approximate surface area is 132 Å². The predicted octanol–water partition coefficient (Wildman–Crippen LogP) is 2.26. The van der Waals surface area contributed by atoms with E-state index >= 15 is 0 Å². The van der Waals surface area contributed by atoms with E-state index in [2.05, 4.69) is 34.4 Å². The highest BCUT2D eigenvalue weighted by atomic mass is 16.2. The third kappa shape index (κ3) is 2.95. The van der Waals surface area contributed by atoms with Crippen LogP contribution in [0.4, 0.5) is 11.5 Å². The average molecular weight is 302 g/mol. The van der Waals surface area contributed by atoms with Crippen LogP contribution in [0.3, 0.4) is 0 Å². The van der Waals surface area contributed by atoms with Crippen molar-refractivity contribution in [3.8, 4) is 0 Å². The summed E-state index contributed by atoms with van der Waals surface area (Å²) in [6.45, 7) is 8.20. The number of nitrogens with zero attached hydrogens (tertiary/aromatic N) is 2. The molecule has 0 bridgehead atoms. The first-order valence-corrected chi connectivity index (χ1v) is 8.41. The van der Waals surface area contributed by atoms with E-state index in [0.717, 1.165) is 56.9 Å². The molecular formula is C17H26N4O. The van der Waals surface area contributed by atoms with E-state index in [1.54, 1.807) is 6.20 Å². The van der Waals surface area contributed by atoms with Crippen LogP contribution in [0.25, 0.3) is 0 Å². The van der Waals surface area contributed by atoms with Gasteiger partial charge in [0.2, 0.25) is 5.91 Å². The van der Waals surface area contributed by atoms with Gasteiger partial charge in [-0.1, -0.05) is 0 Å². The minimum atomic E-state index is 0.166. The number of nitrogens with one attached hydrogen (secondary N) is 2. The second-order valence-corrected chi connectivity index (χ2v) is 6.44. The number of rotatable bonds is 5. The van der Waals surface area contributed by atoms with E-state index in [4.69, 9.17) is 0 Å². The standard InChI is InChI=1S/C17H26N4O/c1-3-21(4-2)15-6-5-13(12-19-15)20-16(22)14-11-17(14)7-9-18-10-8-17/h5-6,12,14,18H,3-4,7-11H2,1-2H3,(H,20,22). The molecular weight excluding hydrogens is 276 g/mol. The number of piperidine rings is 1. The molecule has 2 aliphatic rings. The molecule has 1 spiro atoms. The van der Waals surface area contributed by atoms with Gasteiger partial charge >= 0.3 is 0 Å². The van der Waals surface area contributed by atoms with E-state index in [9.17, 15) is 4.79 Å². The minimum absolute atomic E-state index is 0.166. The van der Waals surface area contributed by atoms with Crippen molar-refractivity contribution in [3.05, 3.63) is 18.3 Å². The molecule has 0 aromatic carbocycles. The Kier molecular flexibility index (Phi) is 4.34. The quantitative estimate of drug-likeness (QED) is 0.876. The highest BCUT2D eigenvalue weighted by Gasteiger charge is 2.57. The molecule has 1 saturated heterocycles. The molecule has 22 heavy (non-hydrogen) atoms. The first kappa shape index (κ1) is 15.3. The Hall–Kier alpha value is -1.62. The minimum Gasteiger partial charge on any atom is -0.357 e. The molecule has 0 radical (unpaired) electrons. The average Bonchev–Trinajstić information content (AvgIpc) is 3.24. The third-order valence-electron chi connectivity index (χ3n) is 5.21. The summed E-state index contributed by atoms with van der Waals surface area (Å²) < 4.78 is 0. The van der Waals surface area contributed by atoms with Crippen LogP contribution in [0.2, 0.25) is 0 Å². The lowest BCUT2D eigenvalue weighted by atomic mass is 9.92. The van der Waals surface area contributed by atoms with Gasteiger partial charge in [0.25, 0.3) is 0 Å². The van der Waals surface area contributed by atoms with Crippen LogP contribution in [0, 0.1) is 11.3 Å². The summed E-state index contributed by atoms with van der Waals surface area (Å²) in [6.07, 6.45) is 5.07. The largest absolute Gasteiger partial charge is 0.357 e. The molecule has 1 saturated carbocycles. The van der Waals surface area contributed by atoms with Crippen LogP contribution in [-0.2, 0) is 4.79 Å². The predicted molar refractivity (Wildman–Crippen MR) is 89.1 cm³/mol. The summed E-state index contributed by atoms with van der Waals surface area (Å²) in [5.74, 6) is 1.32. The molecule has 2 fully saturated rings. The molecule has 3 rings (SSSR count). The van der Waals surface area contributed by atoms with Crippen LogP contribution in [0.5, 0.6) is 0 Å². The zero-order valence-corrected chi connectivity index (χ0v) is 13.6. The Morgan fingerprint density at radius 2 is 2.09 bits per heavy atom. The fourth-order valence-electron chi connectivity index (χ4n) is 3.62. The van der Waals surface area contributed by atoms with Crippen LogP contribution in [-0.4, -0.2) is 37.1 Å².